The number of carbonyl (C=O) groups is 1. The van der Waals surface area contributed by atoms with Crippen LogP contribution in [0.4, 0.5) is 16.2 Å². The number of anilines is 1. The number of carbonyl (C=O) groups excluding carboxylic acids is 1. The number of methoxy groups -OCH3 is 1. The van der Waals surface area contributed by atoms with Crippen LogP contribution in [0.25, 0.3) is 0 Å². The number of nitro benzene ring substituents is 1. The van der Waals surface area contributed by atoms with E-state index in [2.05, 4.69) is 5.32 Å². The molecule has 1 aromatic rings. The maximum atomic E-state index is 11.4. The van der Waals surface area contributed by atoms with Crippen molar-refractivity contribution in [2.45, 2.75) is 0 Å². The molecule has 1 N–H and O–H groups in total. The summed E-state index contributed by atoms with van der Waals surface area (Å²) in [5, 5.41) is 13.5. The number of nitro groups is 1. The highest BCUT2D eigenvalue weighted by Crippen LogP contribution is 2.31. The summed E-state index contributed by atoms with van der Waals surface area (Å²) >= 11 is 0. The lowest BCUT2D eigenvalue weighted by Crippen LogP contribution is -2.27. The summed E-state index contributed by atoms with van der Waals surface area (Å²) in [4.78, 5) is 23.2. The highest BCUT2D eigenvalue weighted by atomic mass is 16.6. The minimum Gasteiger partial charge on any atom is -0.490 e. The van der Waals surface area contributed by atoms with Gasteiger partial charge in [-0.05, 0) is 12.1 Å². The maximum absolute atomic E-state index is 11.4. The van der Waals surface area contributed by atoms with E-state index < -0.39 is 4.92 Å². The van der Waals surface area contributed by atoms with Gasteiger partial charge in [-0.2, -0.15) is 0 Å². The minimum absolute atomic E-state index is 0.148. The van der Waals surface area contributed by atoms with Crippen LogP contribution in [-0.4, -0.2) is 31.2 Å². The highest BCUT2D eigenvalue weighted by molar-refractivity contribution is 5.94. The minimum atomic E-state index is -0.531. The number of hydrogen-bond acceptors (Lipinski definition) is 4. The number of urea groups is 1. The second-order valence-electron chi connectivity index (χ2n) is 3.50. The fourth-order valence-corrected chi connectivity index (χ4v) is 1.71. The molecule has 90 valence electrons. The van der Waals surface area contributed by atoms with Crippen LogP contribution in [-0.2, 0) is 0 Å². The van der Waals surface area contributed by atoms with E-state index in [9.17, 15) is 14.9 Å². The first kappa shape index (κ1) is 11.2. The number of ether oxygens (including phenoxy) is 1. The number of hydrogen-bond donors (Lipinski definition) is 1. The van der Waals surface area contributed by atoms with Crippen molar-refractivity contribution in [1.82, 2.24) is 5.32 Å². The molecule has 1 aliphatic heterocycles. The zero-order valence-electron chi connectivity index (χ0n) is 9.17. The molecule has 0 spiro atoms. The smallest absolute Gasteiger partial charge is 0.322 e. The molecule has 0 unspecified atom stereocenters. The van der Waals surface area contributed by atoms with Crippen molar-refractivity contribution in [2.24, 2.45) is 0 Å². The number of amides is 2. The molecule has 0 aliphatic carbocycles. The van der Waals surface area contributed by atoms with E-state index in [1.54, 1.807) is 6.07 Å². The average Bonchev–Trinajstić information content (AvgIpc) is 2.74. The first-order valence-corrected chi connectivity index (χ1v) is 5.01. The topological polar surface area (TPSA) is 84.7 Å². The molecule has 1 saturated heterocycles. The predicted molar refractivity (Wildman–Crippen MR) is 60.4 cm³/mol. The van der Waals surface area contributed by atoms with Crippen LogP contribution in [0.3, 0.4) is 0 Å². The fourth-order valence-electron chi connectivity index (χ4n) is 1.71. The van der Waals surface area contributed by atoms with Crippen molar-refractivity contribution in [3.63, 3.8) is 0 Å². The Morgan fingerprint density at radius 3 is 2.82 bits per heavy atom. The lowest BCUT2D eigenvalue weighted by molar-refractivity contribution is -0.385. The van der Waals surface area contributed by atoms with Gasteiger partial charge in [0.25, 0.3) is 0 Å². The molecule has 17 heavy (non-hydrogen) atoms. The normalized spacial score (nSPS) is 14.6. The van der Waals surface area contributed by atoms with Gasteiger partial charge in [-0.1, -0.05) is 0 Å². The second-order valence-corrected chi connectivity index (χ2v) is 3.50. The number of nitrogens with zero attached hydrogens (tertiary/aromatic N) is 2. The molecule has 1 heterocycles. The van der Waals surface area contributed by atoms with Gasteiger partial charge >= 0.3 is 11.7 Å². The third-order valence-corrected chi connectivity index (χ3v) is 2.53. The summed E-state index contributed by atoms with van der Waals surface area (Å²) in [6.45, 7) is 1.04. The van der Waals surface area contributed by atoms with Gasteiger partial charge < -0.3 is 10.1 Å². The summed E-state index contributed by atoms with van der Waals surface area (Å²) in [7, 11) is 1.37. The van der Waals surface area contributed by atoms with Gasteiger partial charge in [0.1, 0.15) is 0 Å². The van der Waals surface area contributed by atoms with E-state index in [0.717, 1.165) is 0 Å². The first-order chi connectivity index (χ1) is 8.13. The van der Waals surface area contributed by atoms with Gasteiger partial charge in [0.2, 0.25) is 0 Å². The summed E-state index contributed by atoms with van der Waals surface area (Å²) in [5.74, 6) is 0.179. The van der Waals surface area contributed by atoms with Gasteiger partial charge in [-0.15, -0.1) is 0 Å². The molecule has 0 aromatic heterocycles. The summed E-state index contributed by atoms with van der Waals surface area (Å²) < 4.78 is 4.89. The Balaban J connectivity index is 2.40. The van der Waals surface area contributed by atoms with Crippen molar-refractivity contribution in [3.8, 4) is 5.75 Å². The molecule has 0 atom stereocenters. The van der Waals surface area contributed by atoms with E-state index in [4.69, 9.17) is 4.74 Å². The molecule has 1 aliphatic rings. The second kappa shape index (κ2) is 4.28. The SMILES string of the molecule is COc1ccc(N2CCNC2=O)cc1[N+](=O)[O-]. The van der Waals surface area contributed by atoms with Crippen molar-refractivity contribution in [1.29, 1.82) is 0 Å². The summed E-state index contributed by atoms with van der Waals surface area (Å²) in [6, 6.07) is 4.20. The zero-order valence-corrected chi connectivity index (χ0v) is 9.17. The van der Waals surface area contributed by atoms with E-state index in [1.807, 2.05) is 0 Å². The van der Waals surface area contributed by atoms with Crippen molar-refractivity contribution in [2.75, 3.05) is 25.1 Å². The van der Waals surface area contributed by atoms with Gasteiger partial charge in [0.15, 0.2) is 5.75 Å². The zero-order chi connectivity index (χ0) is 12.4. The quantitative estimate of drug-likeness (QED) is 0.630. The monoisotopic (exact) mass is 237 g/mol. The number of rotatable bonds is 3. The maximum Gasteiger partial charge on any atom is 0.322 e. The third kappa shape index (κ3) is 1.99. The Bertz CT molecular complexity index is 475. The molecular weight excluding hydrogens is 226 g/mol. The lowest BCUT2D eigenvalue weighted by atomic mass is 10.2. The summed E-state index contributed by atoms with van der Waals surface area (Å²) in [5.41, 5.74) is 0.345. The van der Waals surface area contributed by atoms with Crippen LogP contribution in [0.5, 0.6) is 5.75 Å². The standard InChI is InChI=1S/C10H11N3O4/c1-17-9-3-2-7(6-8(9)13(15)16)12-5-4-11-10(12)14/h2-3,6H,4-5H2,1H3,(H,11,14). The Kier molecular flexibility index (Phi) is 2.82. The Hall–Kier alpha value is -2.31. The van der Waals surface area contributed by atoms with Gasteiger partial charge in [0.05, 0.1) is 17.7 Å². The van der Waals surface area contributed by atoms with Crippen molar-refractivity contribution < 1.29 is 14.5 Å². The van der Waals surface area contributed by atoms with E-state index >= 15 is 0 Å². The van der Waals surface area contributed by atoms with Gasteiger partial charge in [0, 0.05) is 19.2 Å². The highest BCUT2D eigenvalue weighted by Gasteiger charge is 2.24. The summed E-state index contributed by atoms with van der Waals surface area (Å²) in [6.07, 6.45) is 0. The molecule has 1 fully saturated rings. The average molecular weight is 237 g/mol. The van der Waals surface area contributed by atoms with E-state index in [1.165, 1.54) is 24.1 Å². The number of nitrogens with one attached hydrogen (secondary N) is 1. The Morgan fingerprint density at radius 1 is 1.53 bits per heavy atom. The van der Waals surface area contributed by atoms with E-state index in [-0.39, 0.29) is 17.5 Å². The molecule has 0 saturated carbocycles. The predicted octanol–water partition coefficient (Wildman–Crippen LogP) is 1.13. The molecule has 7 heteroatoms. The molecule has 1 aromatic carbocycles. The van der Waals surface area contributed by atoms with E-state index in [0.29, 0.717) is 18.8 Å². The Morgan fingerprint density at radius 2 is 2.29 bits per heavy atom. The molecule has 0 radical (unpaired) electrons. The van der Waals surface area contributed by atoms with Gasteiger partial charge in [-0.3, -0.25) is 15.0 Å². The lowest BCUT2D eigenvalue weighted by Gasteiger charge is -2.14. The first-order valence-electron chi connectivity index (χ1n) is 5.01. The molecular formula is C10H11N3O4. The van der Waals surface area contributed by atoms with Crippen molar-refractivity contribution in [3.05, 3.63) is 28.3 Å². The third-order valence-electron chi connectivity index (χ3n) is 2.53. The van der Waals surface area contributed by atoms with Crippen LogP contribution in [0.2, 0.25) is 0 Å². The largest absolute Gasteiger partial charge is 0.490 e. The van der Waals surface area contributed by atoms with Crippen LogP contribution in [0, 0.1) is 10.1 Å². The fraction of sp³-hybridized carbons (Fsp3) is 0.300. The van der Waals surface area contributed by atoms with Crippen LogP contribution >= 0.6 is 0 Å². The van der Waals surface area contributed by atoms with Crippen molar-refractivity contribution >= 4 is 17.4 Å². The number of benzene rings is 1. The Labute approximate surface area is 97.1 Å². The van der Waals surface area contributed by atoms with Crippen LogP contribution in [0.15, 0.2) is 18.2 Å². The van der Waals surface area contributed by atoms with Crippen LogP contribution in [0.1, 0.15) is 0 Å². The molecule has 2 amide bonds. The molecule has 7 nitrogen and oxygen atoms in total. The molecule has 2 rings (SSSR count). The van der Waals surface area contributed by atoms with Crippen LogP contribution < -0.4 is 15.0 Å². The molecule has 0 bridgehead atoms. The van der Waals surface area contributed by atoms with Gasteiger partial charge in [-0.25, -0.2) is 4.79 Å².